The molecule has 0 bridgehead atoms. The summed E-state index contributed by atoms with van der Waals surface area (Å²) in [6.07, 6.45) is 2.66. The molecule has 1 aromatic carbocycles. The van der Waals surface area contributed by atoms with E-state index >= 15 is 0 Å². The van der Waals surface area contributed by atoms with Gasteiger partial charge in [-0.05, 0) is 73.3 Å². The van der Waals surface area contributed by atoms with Crippen LogP contribution in [0.3, 0.4) is 0 Å². The number of carbonyl (C=O) groups is 2. The van der Waals surface area contributed by atoms with E-state index < -0.39 is 38.9 Å². The predicted octanol–water partition coefficient (Wildman–Crippen LogP) is 4.39. The summed E-state index contributed by atoms with van der Waals surface area (Å²) in [6, 6.07) is 2.05. The number of hydrogen-bond donors (Lipinski definition) is 4. The van der Waals surface area contributed by atoms with Gasteiger partial charge in [0.2, 0.25) is 0 Å². The van der Waals surface area contributed by atoms with Gasteiger partial charge in [-0.25, -0.2) is 0 Å². The van der Waals surface area contributed by atoms with Crippen LogP contribution in [0.2, 0.25) is 0 Å². The summed E-state index contributed by atoms with van der Waals surface area (Å²) in [7, 11) is 0. The van der Waals surface area contributed by atoms with E-state index in [0.29, 0.717) is 12.8 Å². The molecule has 3 rings (SSSR count). The minimum atomic E-state index is -2.26. The van der Waals surface area contributed by atoms with Crippen LogP contribution >= 0.6 is 11.6 Å². The molecule has 1 heterocycles. The average Bonchev–Trinajstić information content (AvgIpc) is 3.11. The summed E-state index contributed by atoms with van der Waals surface area (Å²) in [5.41, 5.74) is 4.30. The second-order valence-electron chi connectivity index (χ2n) is 11.1. The quantitative estimate of drug-likeness (QED) is 0.341. The SMILES string of the molecule is CC(C)=C(CC[C@]1(C)CC[C@H](C(C)(C)N)O1)C[C@@]1(O)C(=O)c2cc(O)cc(O)c2C(=O)[C@@]1(C)Cl. The van der Waals surface area contributed by atoms with Crippen molar-refractivity contribution < 1.29 is 29.6 Å². The van der Waals surface area contributed by atoms with Crippen molar-refractivity contribution in [1.29, 1.82) is 0 Å². The number of ketones is 2. The molecule has 0 radical (unpaired) electrons. The number of rotatable bonds is 6. The Bertz CT molecular complexity index is 1050. The van der Waals surface area contributed by atoms with E-state index in [1.165, 1.54) is 6.92 Å². The lowest BCUT2D eigenvalue weighted by atomic mass is 9.67. The number of aliphatic hydroxyl groups is 1. The normalized spacial score (nSPS) is 31.5. The van der Waals surface area contributed by atoms with E-state index in [2.05, 4.69) is 0 Å². The highest BCUT2D eigenvalue weighted by molar-refractivity contribution is 6.44. The number of alkyl halides is 1. The van der Waals surface area contributed by atoms with Gasteiger partial charge in [0, 0.05) is 23.6 Å². The van der Waals surface area contributed by atoms with Crippen LogP contribution in [0, 0.1) is 0 Å². The van der Waals surface area contributed by atoms with Gasteiger partial charge in [0.1, 0.15) is 16.4 Å². The summed E-state index contributed by atoms with van der Waals surface area (Å²) in [5.74, 6) is -2.51. The molecule has 34 heavy (non-hydrogen) atoms. The lowest BCUT2D eigenvalue weighted by Crippen LogP contribution is -2.62. The lowest BCUT2D eigenvalue weighted by Gasteiger charge is -2.43. The second kappa shape index (κ2) is 8.63. The van der Waals surface area contributed by atoms with Crippen LogP contribution in [-0.4, -0.2) is 54.6 Å². The van der Waals surface area contributed by atoms with Crippen molar-refractivity contribution in [3.63, 3.8) is 0 Å². The molecule has 0 aromatic heterocycles. The van der Waals surface area contributed by atoms with Crippen molar-refractivity contribution in [2.45, 2.75) is 101 Å². The van der Waals surface area contributed by atoms with E-state index in [4.69, 9.17) is 22.1 Å². The minimum Gasteiger partial charge on any atom is -0.508 e. The van der Waals surface area contributed by atoms with E-state index in [1.54, 1.807) is 0 Å². The first-order chi connectivity index (χ1) is 15.4. The van der Waals surface area contributed by atoms with Crippen molar-refractivity contribution in [1.82, 2.24) is 0 Å². The number of hydrogen-bond acceptors (Lipinski definition) is 7. The fourth-order valence-corrected chi connectivity index (χ4v) is 5.23. The van der Waals surface area contributed by atoms with Crippen LogP contribution in [0.4, 0.5) is 0 Å². The molecule has 2 aliphatic rings. The number of phenols is 2. The average molecular weight is 494 g/mol. The highest BCUT2D eigenvalue weighted by Gasteiger charge is 2.61. The molecule has 0 unspecified atom stereocenters. The first-order valence-electron chi connectivity index (χ1n) is 11.6. The minimum absolute atomic E-state index is 0.0580. The van der Waals surface area contributed by atoms with Gasteiger partial charge in [0.15, 0.2) is 17.2 Å². The number of Topliss-reactive ketones (excluding diaryl/α,β-unsaturated/α-hetero) is 2. The number of ether oxygens (including phenoxy) is 1. The summed E-state index contributed by atoms with van der Waals surface area (Å²) >= 11 is 6.58. The molecule has 5 N–H and O–H groups in total. The Kier molecular flexibility index (Phi) is 6.77. The molecule has 0 spiro atoms. The molecule has 1 aromatic rings. The fourth-order valence-electron chi connectivity index (χ4n) is 4.98. The first kappa shape index (κ1) is 26.7. The van der Waals surface area contributed by atoms with E-state index in [0.717, 1.165) is 36.1 Å². The smallest absolute Gasteiger partial charge is 0.197 e. The van der Waals surface area contributed by atoms with Gasteiger partial charge in [-0.1, -0.05) is 11.1 Å². The Balaban J connectivity index is 1.90. The van der Waals surface area contributed by atoms with Crippen LogP contribution in [0.25, 0.3) is 0 Å². The molecular formula is C26H36ClNO6. The highest BCUT2D eigenvalue weighted by Crippen LogP contribution is 2.48. The van der Waals surface area contributed by atoms with Crippen LogP contribution in [-0.2, 0) is 4.74 Å². The summed E-state index contributed by atoms with van der Waals surface area (Å²) in [5, 5.41) is 31.7. The third kappa shape index (κ3) is 4.51. The molecule has 0 amide bonds. The number of fused-ring (bicyclic) bond motifs is 1. The fraction of sp³-hybridized carbons (Fsp3) is 0.615. The molecule has 1 aliphatic carbocycles. The number of benzene rings is 1. The number of allylic oxidation sites excluding steroid dienone is 1. The molecule has 7 nitrogen and oxygen atoms in total. The molecule has 1 fully saturated rings. The Morgan fingerprint density at radius 3 is 2.35 bits per heavy atom. The number of carbonyl (C=O) groups excluding carboxylic acids is 2. The second-order valence-corrected chi connectivity index (χ2v) is 11.9. The summed E-state index contributed by atoms with van der Waals surface area (Å²) < 4.78 is 6.30. The van der Waals surface area contributed by atoms with E-state index in [9.17, 15) is 24.9 Å². The maximum Gasteiger partial charge on any atom is 0.197 e. The van der Waals surface area contributed by atoms with Gasteiger partial charge < -0.3 is 25.8 Å². The highest BCUT2D eigenvalue weighted by atomic mass is 35.5. The van der Waals surface area contributed by atoms with Gasteiger partial charge in [-0.15, -0.1) is 11.6 Å². The number of aromatic hydroxyl groups is 2. The maximum absolute atomic E-state index is 13.5. The Morgan fingerprint density at radius 1 is 1.21 bits per heavy atom. The van der Waals surface area contributed by atoms with Gasteiger partial charge in [0.25, 0.3) is 0 Å². The van der Waals surface area contributed by atoms with Crippen molar-refractivity contribution in [2.75, 3.05) is 0 Å². The topological polar surface area (TPSA) is 130 Å². The van der Waals surface area contributed by atoms with Crippen LogP contribution in [0.5, 0.6) is 11.5 Å². The molecule has 1 aliphatic heterocycles. The number of phenolic OH excluding ortho intramolecular Hbond substituents is 2. The monoisotopic (exact) mass is 493 g/mol. The van der Waals surface area contributed by atoms with Crippen molar-refractivity contribution in [2.24, 2.45) is 5.73 Å². The summed E-state index contributed by atoms with van der Waals surface area (Å²) in [6.45, 7) is 11.0. The molecule has 188 valence electrons. The van der Waals surface area contributed by atoms with Crippen LogP contribution in [0.1, 0.15) is 94.4 Å². The molecule has 8 heteroatoms. The molecular weight excluding hydrogens is 458 g/mol. The zero-order valence-corrected chi connectivity index (χ0v) is 21.5. The van der Waals surface area contributed by atoms with Gasteiger partial charge >= 0.3 is 0 Å². The van der Waals surface area contributed by atoms with Crippen molar-refractivity contribution in [3.05, 3.63) is 34.4 Å². The van der Waals surface area contributed by atoms with E-state index in [1.807, 2.05) is 34.6 Å². The predicted molar refractivity (Wildman–Crippen MR) is 131 cm³/mol. The third-order valence-electron chi connectivity index (χ3n) is 7.48. The Hall–Kier alpha value is -1.93. The zero-order chi connectivity index (χ0) is 25.9. The maximum atomic E-state index is 13.5. The van der Waals surface area contributed by atoms with Gasteiger partial charge in [-0.3, -0.25) is 9.59 Å². The standard InChI is InChI=1S/C26H36ClNO6/c1-14(2)15(7-9-24(5)10-8-19(34-24)23(3,4)28)13-26(33)21(31)17-11-16(29)12-18(30)20(17)22(32)25(26,6)27/h11-12,19,29-30,33H,7-10,13,28H2,1-6H3/t19-,24-,25-,26-/m1/s1. The van der Waals surface area contributed by atoms with Gasteiger partial charge in [-0.2, -0.15) is 0 Å². The van der Waals surface area contributed by atoms with E-state index in [-0.39, 0.29) is 29.4 Å². The van der Waals surface area contributed by atoms with Gasteiger partial charge in [0.05, 0.1) is 17.3 Å². The Morgan fingerprint density at radius 2 is 1.82 bits per heavy atom. The zero-order valence-electron chi connectivity index (χ0n) is 20.8. The Labute approximate surface area is 205 Å². The van der Waals surface area contributed by atoms with Crippen LogP contribution < -0.4 is 5.73 Å². The number of nitrogens with two attached hydrogens (primary N) is 1. The largest absolute Gasteiger partial charge is 0.508 e. The third-order valence-corrected chi connectivity index (χ3v) is 7.96. The summed E-state index contributed by atoms with van der Waals surface area (Å²) in [4.78, 5) is 24.7. The van der Waals surface area contributed by atoms with Crippen LogP contribution in [0.15, 0.2) is 23.3 Å². The lowest BCUT2D eigenvalue weighted by molar-refractivity contribution is -0.0574. The molecule has 0 saturated carbocycles. The first-order valence-corrected chi connectivity index (χ1v) is 12.0. The number of halogens is 1. The van der Waals surface area contributed by atoms with Crippen molar-refractivity contribution >= 4 is 23.2 Å². The van der Waals surface area contributed by atoms with Crippen molar-refractivity contribution in [3.8, 4) is 11.5 Å². The molecule has 1 saturated heterocycles. The molecule has 4 atom stereocenters.